The molecule has 0 saturated heterocycles. The number of rotatable bonds is 63. The number of nitrogens with zero attached hydrogens (tertiary/aromatic N) is 1. The zero-order valence-electron chi connectivity index (χ0n) is 56.0. The molecule has 0 spiro atoms. The van der Waals surface area contributed by atoms with Crippen molar-refractivity contribution in [1.29, 1.82) is 0 Å². The molecule has 1 N–H and O–H groups in total. The Labute approximate surface area is 530 Å². The fourth-order valence-electron chi connectivity index (χ4n) is 9.40. The summed E-state index contributed by atoms with van der Waals surface area (Å²) in [7, 11) is 1.45. The van der Waals surface area contributed by atoms with Crippen LogP contribution in [-0.2, 0) is 32.7 Å². The zero-order valence-corrected chi connectivity index (χ0v) is 56.9. The first-order valence-corrected chi connectivity index (χ1v) is 36.4. The molecule has 492 valence electrons. The SMILES string of the molecule is CC/C=C\C/C=C\C/C=C\C/C=C\C/C=C\C/C=C\C/C=C\CCCCCCCC(=O)OC(COC(=O)CCCCCCCCCCCCCCCCCCCCCCCC/C=C\C/C=C\C/C=C\C/C=C\CC)COP(=O)(O)OCC[N+](C)(C)C. The molecule has 0 aliphatic rings. The van der Waals surface area contributed by atoms with Crippen LogP contribution in [-0.4, -0.2) is 74.9 Å². The van der Waals surface area contributed by atoms with Crippen molar-refractivity contribution in [3.8, 4) is 0 Å². The van der Waals surface area contributed by atoms with Crippen LogP contribution in [0.25, 0.3) is 0 Å². The van der Waals surface area contributed by atoms with E-state index in [0.717, 1.165) is 122 Å². The van der Waals surface area contributed by atoms with Crippen LogP contribution in [0.3, 0.4) is 0 Å². The number of quaternary nitrogens is 1. The van der Waals surface area contributed by atoms with Crippen LogP contribution in [0.1, 0.15) is 284 Å². The molecule has 0 aromatic carbocycles. The standard InChI is InChI=1S/C76H130NO8P/c1-6-8-10-12-14-16-18-20-22-24-26-28-30-32-34-35-36-37-38-39-40-41-43-44-46-48-50-52-54-56-58-60-62-64-66-68-75(78)82-72-74(73-84-86(80,81)83-71-70-77(3,4)5)85-76(79)69-67-65-63-61-59-57-55-53-51-49-47-45-42-33-31-29-27-25-23-21-19-17-15-13-11-9-7-2/h8-11,14-17,20-23,26-29,33,42,47,49,53,55,74H,6-7,12-13,18-19,24-25,30-32,34-41,43-46,48,50-52,54,56-73H2,1-5H3/p+1/b10-8-,11-9-,16-14-,17-15-,22-20-,23-21-,28-26-,29-27-,42-33-,49-47-,55-53-. The summed E-state index contributed by atoms with van der Waals surface area (Å²) in [4.78, 5) is 35.9. The number of hydrogen-bond acceptors (Lipinski definition) is 7. The summed E-state index contributed by atoms with van der Waals surface area (Å²) < 4.78 is 34.7. The number of unbranched alkanes of at least 4 members (excludes halogenated alkanes) is 27. The molecule has 86 heavy (non-hydrogen) atoms. The predicted molar refractivity (Wildman–Crippen MR) is 371 cm³/mol. The largest absolute Gasteiger partial charge is 0.472 e. The molecule has 0 aromatic heterocycles. The predicted octanol–water partition coefficient (Wildman–Crippen LogP) is 22.8. The van der Waals surface area contributed by atoms with Gasteiger partial charge in [-0.2, -0.15) is 0 Å². The summed E-state index contributed by atoms with van der Waals surface area (Å²) in [6.45, 7) is 4.20. The van der Waals surface area contributed by atoms with E-state index in [1.807, 2.05) is 21.1 Å². The number of likely N-dealkylation sites (N-methyl/N-ethyl adjacent to an activating group) is 1. The highest BCUT2D eigenvalue weighted by Crippen LogP contribution is 2.43. The minimum Gasteiger partial charge on any atom is -0.462 e. The van der Waals surface area contributed by atoms with Crippen LogP contribution in [0.15, 0.2) is 134 Å². The smallest absolute Gasteiger partial charge is 0.462 e. The lowest BCUT2D eigenvalue weighted by molar-refractivity contribution is -0.870. The van der Waals surface area contributed by atoms with E-state index in [-0.39, 0.29) is 32.0 Å². The quantitative estimate of drug-likeness (QED) is 0.0211. The van der Waals surface area contributed by atoms with Crippen molar-refractivity contribution in [2.24, 2.45) is 0 Å². The van der Waals surface area contributed by atoms with E-state index in [1.165, 1.54) is 128 Å². The Hall–Kier alpha value is -3.85. The van der Waals surface area contributed by atoms with Crippen molar-refractivity contribution >= 4 is 19.8 Å². The fraction of sp³-hybridized carbons (Fsp3) is 0.684. The molecule has 0 amide bonds. The molecule has 2 atom stereocenters. The van der Waals surface area contributed by atoms with Crippen molar-refractivity contribution in [3.05, 3.63) is 134 Å². The van der Waals surface area contributed by atoms with Gasteiger partial charge in [0.1, 0.15) is 19.8 Å². The highest BCUT2D eigenvalue weighted by molar-refractivity contribution is 7.47. The van der Waals surface area contributed by atoms with Crippen molar-refractivity contribution < 1.29 is 42.1 Å². The van der Waals surface area contributed by atoms with Crippen molar-refractivity contribution in [2.45, 2.75) is 290 Å². The molecule has 0 bridgehead atoms. The van der Waals surface area contributed by atoms with Crippen LogP contribution >= 0.6 is 7.82 Å². The van der Waals surface area contributed by atoms with Crippen molar-refractivity contribution in [1.82, 2.24) is 0 Å². The van der Waals surface area contributed by atoms with Crippen LogP contribution < -0.4 is 0 Å². The number of ether oxygens (including phenoxy) is 2. The second-order valence-corrected chi connectivity index (χ2v) is 25.6. The maximum absolute atomic E-state index is 12.9. The molecule has 2 unspecified atom stereocenters. The van der Waals surface area contributed by atoms with Crippen molar-refractivity contribution in [2.75, 3.05) is 47.5 Å². The highest BCUT2D eigenvalue weighted by atomic mass is 31.2. The van der Waals surface area contributed by atoms with E-state index in [2.05, 4.69) is 148 Å². The molecule has 10 heteroatoms. The van der Waals surface area contributed by atoms with Crippen LogP contribution in [0.2, 0.25) is 0 Å². The third kappa shape index (κ3) is 69.3. The molecule has 0 fully saturated rings. The minimum absolute atomic E-state index is 0.0222. The maximum atomic E-state index is 12.9. The Bertz CT molecular complexity index is 1910. The summed E-state index contributed by atoms with van der Waals surface area (Å²) in [5, 5.41) is 0. The number of phosphoric ester groups is 1. The van der Waals surface area contributed by atoms with Crippen molar-refractivity contribution in [3.63, 3.8) is 0 Å². The lowest BCUT2D eigenvalue weighted by Crippen LogP contribution is -2.37. The first kappa shape index (κ1) is 82.1. The first-order valence-electron chi connectivity index (χ1n) is 34.9. The lowest BCUT2D eigenvalue weighted by Gasteiger charge is -2.24. The molecule has 0 aliphatic carbocycles. The van der Waals surface area contributed by atoms with Gasteiger partial charge in [0.25, 0.3) is 0 Å². The van der Waals surface area contributed by atoms with Gasteiger partial charge in [0.15, 0.2) is 6.10 Å². The minimum atomic E-state index is -4.41. The number of phosphoric acid groups is 1. The summed E-state index contributed by atoms with van der Waals surface area (Å²) in [5.41, 5.74) is 0. The maximum Gasteiger partial charge on any atom is 0.472 e. The number of hydrogen-bond donors (Lipinski definition) is 1. The Kier molecular flexibility index (Phi) is 62.7. The second kappa shape index (κ2) is 65.6. The Morgan fingerprint density at radius 1 is 0.360 bits per heavy atom. The Morgan fingerprint density at radius 3 is 0.930 bits per heavy atom. The summed E-state index contributed by atoms with van der Waals surface area (Å²) in [6, 6.07) is 0. The Balaban J connectivity index is 4.07. The molecule has 0 aliphatic heterocycles. The van der Waals surface area contributed by atoms with Gasteiger partial charge in [-0.15, -0.1) is 0 Å². The molecule has 0 radical (unpaired) electrons. The number of allylic oxidation sites excluding steroid dienone is 22. The highest BCUT2D eigenvalue weighted by Gasteiger charge is 2.27. The van der Waals surface area contributed by atoms with E-state index in [9.17, 15) is 19.0 Å². The normalized spacial score (nSPS) is 14.0. The molecular weight excluding hydrogens is 1090 g/mol. The number of esters is 2. The van der Waals surface area contributed by atoms with E-state index >= 15 is 0 Å². The number of carbonyl (C=O) groups is 2. The third-order valence-electron chi connectivity index (χ3n) is 14.7. The van der Waals surface area contributed by atoms with Gasteiger partial charge >= 0.3 is 19.8 Å². The van der Waals surface area contributed by atoms with Gasteiger partial charge in [-0.25, -0.2) is 4.57 Å². The summed E-state index contributed by atoms with van der Waals surface area (Å²) in [6.07, 6.45) is 95.6. The van der Waals surface area contributed by atoms with Crippen LogP contribution in [0.5, 0.6) is 0 Å². The fourth-order valence-corrected chi connectivity index (χ4v) is 10.1. The van der Waals surface area contributed by atoms with Gasteiger partial charge < -0.3 is 18.9 Å². The van der Waals surface area contributed by atoms with E-state index in [1.54, 1.807) is 0 Å². The topological polar surface area (TPSA) is 108 Å². The summed E-state index contributed by atoms with van der Waals surface area (Å²) in [5.74, 6) is -0.818. The second-order valence-electron chi connectivity index (χ2n) is 24.2. The van der Waals surface area contributed by atoms with Gasteiger partial charge in [-0.1, -0.05) is 295 Å². The molecule has 0 rings (SSSR count). The molecule has 0 aromatic rings. The molecular formula is C76H131NO8P+. The van der Waals surface area contributed by atoms with Crippen LogP contribution in [0, 0.1) is 0 Å². The van der Waals surface area contributed by atoms with E-state index in [0.29, 0.717) is 17.4 Å². The van der Waals surface area contributed by atoms with Gasteiger partial charge in [-0.05, 0) is 109 Å². The molecule has 0 heterocycles. The average molecular weight is 1220 g/mol. The Morgan fingerprint density at radius 2 is 0.628 bits per heavy atom. The van der Waals surface area contributed by atoms with Crippen LogP contribution in [0.4, 0.5) is 0 Å². The van der Waals surface area contributed by atoms with Gasteiger partial charge in [0.2, 0.25) is 0 Å². The third-order valence-corrected chi connectivity index (χ3v) is 15.7. The lowest BCUT2D eigenvalue weighted by atomic mass is 10.0. The molecule has 9 nitrogen and oxygen atoms in total. The van der Waals surface area contributed by atoms with E-state index < -0.39 is 26.5 Å². The monoisotopic (exact) mass is 1220 g/mol. The zero-order chi connectivity index (χ0) is 62.6. The van der Waals surface area contributed by atoms with Gasteiger partial charge in [-0.3, -0.25) is 18.6 Å². The average Bonchev–Trinajstić information content (AvgIpc) is 3.53. The summed E-state index contributed by atoms with van der Waals surface area (Å²) >= 11 is 0. The number of carbonyl (C=O) groups excluding carboxylic acids is 2. The van der Waals surface area contributed by atoms with E-state index in [4.69, 9.17) is 18.5 Å². The first-order chi connectivity index (χ1) is 42.0. The molecule has 0 saturated carbocycles. The van der Waals surface area contributed by atoms with Gasteiger partial charge in [0.05, 0.1) is 27.7 Å². The van der Waals surface area contributed by atoms with Gasteiger partial charge in [0, 0.05) is 12.8 Å².